The molecule has 0 aliphatic carbocycles. The number of fused-ring (bicyclic) bond motifs is 1. The van der Waals surface area contributed by atoms with Crippen molar-refractivity contribution in [3.8, 4) is 0 Å². The number of benzene rings is 1. The zero-order valence-corrected chi connectivity index (χ0v) is 15.4. The van der Waals surface area contributed by atoms with Crippen LogP contribution < -0.4 is 0 Å². The van der Waals surface area contributed by atoms with Gasteiger partial charge in [0.25, 0.3) is 0 Å². The number of aryl methyl sites for hydroxylation is 1. The fourth-order valence-electron chi connectivity index (χ4n) is 3.25. The van der Waals surface area contributed by atoms with E-state index in [1.165, 1.54) is 0 Å². The van der Waals surface area contributed by atoms with E-state index in [0.717, 1.165) is 55.0 Å². The van der Waals surface area contributed by atoms with E-state index in [9.17, 15) is 4.79 Å². The Morgan fingerprint density at radius 2 is 2.20 bits per heavy atom. The van der Waals surface area contributed by atoms with Crippen LogP contribution in [0.1, 0.15) is 24.2 Å². The second-order valence-electron chi connectivity index (χ2n) is 7.13. The summed E-state index contributed by atoms with van der Waals surface area (Å²) in [4.78, 5) is 24.6. The van der Waals surface area contributed by atoms with Gasteiger partial charge in [-0.3, -0.25) is 4.79 Å². The summed E-state index contributed by atoms with van der Waals surface area (Å²) in [5.41, 5.74) is 2.95. The summed E-state index contributed by atoms with van der Waals surface area (Å²) >= 11 is 0. The Balaban J connectivity index is 1.68. The number of nitrogens with zero attached hydrogens (tertiary/aromatic N) is 3. The average molecular weight is 344 g/mol. The molecule has 1 aliphatic rings. The minimum Gasteiger partial charge on any atom is -0.376 e. The number of carbonyl (C=O) groups is 1. The molecule has 1 atom stereocenters. The normalized spacial score (nSPS) is 17.5. The first-order valence-electron chi connectivity index (χ1n) is 9.00. The molecule has 6 nitrogen and oxygen atoms in total. The number of ether oxygens (including phenoxy) is 1. The van der Waals surface area contributed by atoms with Crippen LogP contribution in [0.3, 0.4) is 0 Å². The molecular formula is C19H28N4O2. The number of H-pyrrole nitrogens is 1. The molecule has 0 radical (unpaired) electrons. The van der Waals surface area contributed by atoms with Crippen molar-refractivity contribution < 1.29 is 9.53 Å². The molecule has 0 saturated carbocycles. The zero-order chi connectivity index (χ0) is 17.8. The first kappa shape index (κ1) is 17.9. The highest BCUT2D eigenvalue weighted by atomic mass is 16.5. The minimum atomic E-state index is 0.160. The van der Waals surface area contributed by atoms with E-state index in [1.54, 1.807) is 0 Å². The number of amides is 1. The largest absolute Gasteiger partial charge is 0.376 e. The lowest BCUT2D eigenvalue weighted by Gasteiger charge is -2.27. The fourth-order valence-corrected chi connectivity index (χ4v) is 3.25. The lowest BCUT2D eigenvalue weighted by molar-refractivity contribution is -0.132. The van der Waals surface area contributed by atoms with E-state index >= 15 is 0 Å². The van der Waals surface area contributed by atoms with Crippen molar-refractivity contribution in [2.75, 3.05) is 40.3 Å². The van der Waals surface area contributed by atoms with Crippen LogP contribution >= 0.6 is 0 Å². The number of likely N-dealkylation sites (N-methyl/N-ethyl adjacent to an activating group) is 1. The maximum absolute atomic E-state index is 12.9. The van der Waals surface area contributed by atoms with Crippen LogP contribution in [0, 0.1) is 6.92 Å². The van der Waals surface area contributed by atoms with Gasteiger partial charge in [-0.05, 0) is 51.6 Å². The van der Waals surface area contributed by atoms with E-state index in [2.05, 4.69) is 14.9 Å². The van der Waals surface area contributed by atoms with Gasteiger partial charge in [-0.15, -0.1) is 0 Å². The molecule has 1 fully saturated rings. The molecule has 1 amide bonds. The second-order valence-corrected chi connectivity index (χ2v) is 7.13. The third-order valence-corrected chi connectivity index (χ3v) is 4.64. The average Bonchev–Trinajstić information content (AvgIpc) is 3.18. The Kier molecular flexibility index (Phi) is 5.71. The Morgan fingerprint density at radius 1 is 1.36 bits per heavy atom. The van der Waals surface area contributed by atoms with Gasteiger partial charge in [-0.1, -0.05) is 6.07 Å². The summed E-state index contributed by atoms with van der Waals surface area (Å²) in [7, 11) is 4.06. The first-order chi connectivity index (χ1) is 12.0. The van der Waals surface area contributed by atoms with Crippen LogP contribution in [0.2, 0.25) is 0 Å². The molecule has 2 aromatic rings. The first-order valence-corrected chi connectivity index (χ1v) is 9.00. The van der Waals surface area contributed by atoms with Crippen molar-refractivity contribution in [3.63, 3.8) is 0 Å². The van der Waals surface area contributed by atoms with Crippen LogP contribution in [0.25, 0.3) is 11.0 Å². The second kappa shape index (κ2) is 7.97. The van der Waals surface area contributed by atoms with E-state index in [1.807, 2.05) is 44.1 Å². The van der Waals surface area contributed by atoms with Gasteiger partial charge in [-0.25, -0.2) is 4.98 Å². The Hall–Kier alpha value is -1.92. The lowest BCUT2D eigenvalue weighted by atomic mass is 10.1. The number of aromatic amines is 1. The standard InChI is InChI=1S/C19H28N4O2/c1-14-20-17-7-6-15(11-18(17)21-14)12-19(24)23(9-8-22(2)3)13-16-5-4-10-25-16/h6-7,11,16H,4-5,8-10,12-13H2,1-3H3,(H,20,21)/t16-/m1/s1. The Labute approximate surface area is 149 Å². The van der Waals surface area contributed by atoms with E-state index in [0.29, 0.717) is 13.0 Å². The maximum atomic E-state index is 12.9. The SMILES string of the molecule is Cc1nc2ccc(CC(=O)N(CCN(C)C)C[C@H]3CCCO3)cc2[nH]1. The van der Waals surface area contributed by atoms with Gasteiger partial charge in [0.1, 0.15) is 5.82 Å². The molecule has 1 aromatic carbocycles. The van der Waals surface area contributed by atoms with Gasteiger partial charge >= 0.3 is 0 Å². The summed E-state index contributed by atoms with van der Waals surface area (Å²) in [5.74, 6) is 1.05. The van der Waals surface area contributed by atoms with Gasteiger partial charge in [0, 0.05) is 26.2 Å². The topological polar surface area (TPSA) is 61.5 Å². The molecular weight excluding hydrogens is 316 g/mol. The summed E-state index contributed by atoms with van der Waals surface area (Å²) in [6, 6.07) is 6.01. The highest BCUT2D eigenvalue weighted by Crippen LogP contribution is 2.17. The molecule has 25 heavy (non-hydrogen) atoms. The third kappa shape index (κ3) is 4.80. The van der Waals surface area contributed by atoms with E-state index in [-0.39, 0.29) is 12.0 Å². The predicted octanol–water partition coefficient (Wildman–Crippen LogP) is 1.98. The summed E-state index contributed by atoms with van der Waals surface area (Å²) in [6.07, 6.45) is 2.74. The maximum Gasteiger partial charge on any atom is 0.227 e. The highest BCUT2D eigenvalue weighted by Gasteiger charge is 2.22. The number of aromatic nitrogens is 2. The molecule has 1 N–H and O–H groups in total. The number of hydrogen-bond acceptors (Lipinski definition) is 4. The van der Waals surface area contributed by atoms with Crippen LogP contribution in [-0.4, -0.2) is 72.1 Å². The van der Waals surface area contributed by atoms with Crippen LogP contribution in [0.4, 0.5) is 0 Å². The molecule has 0 bridgehead atoms. The molecule has 0 unspecified atom stereocenters. The third-order valence-electron chi connectivity index (χ3n) is 4.64. The molecule has 0 spiro atoms. The highest BCUT2D eigenvalue weighted by molar-refractivity contribution is 5.82. The quantitative estimate of drug-likeness (QED) is 0.834. The smallest absolute Gasteiger partial charge is 0.227 e. The number of nitrogens with one attached hydrogen (secondary N) is 1. The van der Waals surface area contributed by atoms with Crippen molar-refractivity contribution in [1.29, 1.82) is 0 Å². The molecule has 3 rings (SSSR count). The van der Waals surface area contributed by atoms with Crippen molar-refractivity contribution >= 4 is 16.9 Å². The monoisotopic (exact) mass is 344 g/mol. The van der Waals surface area contributed by atoms with Gasteiger partial charge in [0.15, 0.2) is 0 Å². The van der Waals surface area contributed by atoms with Gasteiger partial charge in [0.05, 0.1) is 23.6 Å². The number of imidazole rings is 1. The lowest BCUT2D eigenvalue weighted by Crippen LogP contribution is -2.42. The van der Waals surface area contributed by atoms with Crippen LogP contribution in [0.5, 0.6) is 0 Å². The molecule has 2 heterocycles. The predicted molar refractivity (Wildman–Crippen MR) is 98.6 cm³/mol. The van der Waals surface area contributed by atoms with Crippen LogP contribution in [0.15, 0.2) is 18.2 Å². The number of hydrogen-bond donors (Lipinski definition) is 1. The summed E-state index contributed by atoms with van der Waals surface area (Å²) in [5, 5.41) is 0. The molecule has 136 valence electrons. The van der Waals surface area contributed by atoms with Crippen LogP contribution in [-0.2, 0) is 16.0 Å². The molecule has 1 aromatic heterocycles. The van der Waals surface area contributed by atoms with Crippen molar-refractivity contribution in [2.45, 2.75) is 32.3 Å². The van der Waals surface area contributed by atoms with Gasteiger partial charge in [0.2, 0.25) is 5.91 Å². The van der Waals surface area contributed by atoms with Crippen molar-refractivity contribution in [1.82, 2.24) is 19.8 Å². The summed E-state index contributed by atoms with van der Waals surface area (Å²) < 4.78 is 5.73. The summed E-state index contributed by atoms with van der Waals surface area (Å²) in [6.45, 7) is 5.04. The van der Waals surface area contributed by atoms with E-state index in [4.69, 9.17) is 4.74 Å². The minimum absolute atomic E-state index is 0.160. The van der Waals surface area contributed by atoms with Crippen molar-refractivity contribution in [3.05, 3.63) is 29.6 Å². The number of rotatable bonds is 7. The van der Waals surface area contributed by atoms with Crippen molar-refractivity contribution in [2.24, 2.45) is 0 Å². The fraction of sp³-hybridized carbons (Fsp3) is 0.579. The van der Waals surface area contributed by atoms with Gasteiger partial charge < -0.3 is 19.5 Å². The van der Waals surface area contributed by atoms with Gasteiger partial charge in [-0.2, -0.15) is 0 Å². The zero-order valence-electron chi connectivity index (χ0n) is 15.4. The van der Waals surface area contributed by atoms with E-state index < -0.39 is 0 Å². The molecule has 6 heteroatoms. The number of carbonyl (C=O) groups excluding carboxylic acids is 1. The molecule has 1 aliphatic heterocycles. The molecule has 1 saturated heterocycles. The Morgan fingerprint density at radius 3 is 2.92 bits per heavy atom. The Bertz CT molecular complexity index is 719.